The molecular weight excluding hydrogens is 444 g/mol. The van der Waals surface area contributed by atoms with Gasteiger partial charge in [0.1, 0.15) is 12.4 Å². The molecule has 0 radical (unpaired) electrons. The van der Waals surface area contributed by atoms with Gasteiger partial charge in [0.25, 0.3) is 0 Å². The Bertz CT molecular complexity index is 1090. The Kier molecular flexibility index (Phi) is 8.25. The van der Waals surface area contributed by atoms with Crippen LogP contribution in [0.5, 0.6) is 5.75 Å². The van der Waals surface area contributed by atoms with E-state index in [1.165, 1.54) is 40.8 Å². The minimum absolute atomic E-state index is 0.363. The third kappa shape index (κ3) is 5.77. The van der Waals surface area contributed by atoms with Gasteiger partial charge in [-0.3, -0.25) is 4.90 Å². The monoisotopic (exact) mass is 484 g/mol. The van der Waals surface area contributed by atoms with Gasteiger partial charge in [0.15, 0.2) is 0 Å². The van der Waals surface area contributed by atoms with E-state index in [0.717, 1.165) is 51.6 Å². The van der Waals surface area contributed by atoms with Crippen molar-refractivity contribution in [1.82, 2.24) is 4.90 Å². The molecule has 0 N–H and O–H groups in total. The maximum Gasteiger partial charge on any atom is 0.125 e. The van der Waals surface area contributed by atoms with E-state index in [9.17, 15) is 0 Å². The molecule has 2 heterocycles. The summed E-state index contributed by atoms with van der Waals surface area (Å²) in [7, 11) is 0. The molecule has 1 unspecified atom stereocenters. The molecule has 190 valence electrons. The lowest BCUT2D eigenvalue weighted by Crippen LogP contribution is -2.41. The zero-order valence-corrected chi connectivity index (χ0v) is 21.9. The summed E-state index contributed by atoms with van der Waals surface area (Å²) in [6.45, 7) is 11.2. The highest BCUT2D eigenvalue weighted by Gasteiger charge is 2.32. The highest BCUT2D eigenvalue weighted by Crippen LogP contribution is 2.43. The Balaban J connectivity index is 1.60. The van der Waals surface area contributed by atoms with E-state index in [0.29, 0.717) is 18.6 Å². The first kappa shape index (κ1) is 24.9. The topological polar surface area (TPSA) is 24.9 Å². The molecule has 2 aliphatic heterocycles. The van der Waals surface area contributed by atoms with Crippen molar-refractivity contribution in [2.45, 2.75) is 45.8 Å². The summed E-state index contributed by atoms with van der Waals surface area (Å²) >= 11 is 0. The summed E-state index contributed by atoms with van der Waals surface area (Å²) in [6, 6.07) is 26.3. The van der Waals surface area contributed by atoms with Gasteiger partial charge in [-0.05, 0) is 41.5 Å². The fourth-order valence-corrected chi connectivity index (χ4v) is 5.86. The molecule has 4 heteroatoms. The van der Waals surface area contributed by atoms with Gasteiger partial charge in [0, 0.05) is 49.9 Å². The maximum absolute atomic E-state index is 6.58. The normalized spacial score (nSPS) is 17.5. The van der Waals surface area contributed by atoms with Crippen molar-refractivity contribution >= 4 is 5.69 Å². The molecule has 0 amide bonds. The Morgan fingerprint density at radius 1 is 0.778 bits per heavy atom. The lowest BCUT2D eigenvalue weighted by molar-refractivity contribution is 0.00571. The van der Waals surface area contributed by atoms with E-state index in [4.69, 9.17) is 9.47 Å². The van der Waals surface area contributed by atoms with E-state index in [-0.39, 0.29) is 0 Å². The molecule has 0 aliphatic carbocycles. The molecule has 4 nitrogen and oxygen atoms in total. The molecule has 2 aliphatic rings. The molecule has 0 saturated carbocycles. The Morgan fingerprint density at radius 3 is 2.06 bits per heavy atom. The van der Waals surface area contributed by atoms with E-state index in [1.807, 2.05) is 0 Å². The van der Waals surface area contributed by atoms with Crippen LogP contribution in [0.15, 0.2) is 72.8 Å². The second-order valence-electron chi connectivity index (χ2n) is 10.4. The second kappa shape index (κ2) is 11.9. The summed E-state index contributed by atoms with van der Waals surface area (Å²) in [5.41, 5.74) is 6.71. The molecule has 0 aromatic heterocycles. The van der Waals surface area contributed by atoms with Crippen molar-refractivity contribution in [3.05, 3.63) is 95.1 Å². The lowest BCUT2D eigenvalue weighted by atomic mass is 9.88. The molecule has 0 spiro atoms. The number of hydrogen-bond acceptors (Lipinski definition) is 4. The first-order chi connectivity index (χ1) is 17.7. The van der Waals surface area contributed by atoms with Gasteiger partial charge >= 0.3 is 0 Å². The number of rotatable bonds is 9. The fraction of sp³-hybridized carbons (Fsp3) is 0.438. The van der Waals surface area contributed by atoms with Gasteiger partial charge in [-0.2, -0.15) is 0 Å². The molecule has 5 rings (SSSR count). The third-order valence-corrected chi connectivity index (χ3v) is 7.54. The maximum atomic E-state index is 6.58. The lowest BCUT2D eigenvalue weighted by Gasteiger charge is -2.40. The van der Waals surface area contributed by atoms with Crippen LogP contribution in [-0.4, -0.2) is 44.3 Å². The molecule has 1 atom stereocenters. The molecule has 36 heavy (non-hydrogen) atoms. The predicted molar refractivity (Wildman–Crippen MR) is 148 cm³/mol. The van der Waals surface area contributed by atoms with Crippen molar-refractivity contribution < 1.29 is 9.47 Å². The average Bonchev–Trinajstić information content (AvgIpc) is 3.45. The van der Waals surface area contributed by atoms with Crippen LogP contribution < -0.4 is 9.64 Å². The van der Waals surface area contributed by atoms with Crippen molar-refractivity contribution in [2.24, 2.45) is 5.92 Å². The van der Waals surface area contributed by atoms with Crippen LogP contribution in [0.4, 0.5) is 5.69 Å². The minimum Gasteiger partial charge on any atom is -0.489 e. The summed E-state index contributed by atoms with van der Waals surface area (Å²) < 4.78 is 12.3. The van der Waals surface area contributed by atoms with Crippen molar-refractivity contribution in [3.8, 4) is 5.75 Å². The fourth-order valence-electron chi connectivity index (χ4n) is 5.86. The van der Waals surface area contributed by atoms with E-state index in [1.54, 1.807) is 0 Å². The Hall–Kier alpha value is -2.82. The number of nitrogens with zero attached hydrogens (tertiary/aromatic N) is 2. The molecular formula is C32H40N2O2. The second-order valence-corrected chi connectivity index (χ2v) is 10.4. The predicted octanol–water partition coefficient (Wildman–Crippen LogP) is 6.49. The smallest absolute Gasteiger partial charge is 0.125 e. The quantitative estimate of drug-likeness (QED) is 0.347. The van der Waals surface area contributed by atoms with Gasteiger partial charge in [-0.15, -0.1) is 0 Å². The van der Waals surface area contributed by atoms with Crippen LogP contribution in [0, 0.1) is 5.92 Å². The molecule has 3 aromatic carbocycles. The first-order valence-corrected chi connectivity index (χ1v) is 13.6. The largest absolute Gasteiger partial charge is 0.489 e. The van der Waals surface area contributed by atoms with Crippen LogP contribution in [-0.2, 0) is 17.8 Å². The summed E-state index contributed by atoms with van der Waals surface area (Å²) in [4.78, 5) is 5.28. The number of benzene rings is 3. The zero-order valence-electron chi connectivity index (χ0n) is 21.9. The van der Waals surface area contributed by atoms with Crippen molar-refractivity contribution in [3.63, 3.8) is 0 Å². The third-order valence-electron chi connectivity index (χ3n) is 7.54. The number of ether oxygens (including phenoxy) is 2. The number of hydrogen-bond donors (Lipinski definition) is 0. The van der Waals surface area contributed by atoms with Gasteiger partial charge in [-0.1, -0.05) is 80.6 Å². The molecule has 3 aromatic rings. The first-order valence-electron chi connectivity index (χ1n) is 13.6. The van der Waals surface area contributed by atoms with Crippen LogP contribution in [0.3, 0.4) is 0 Å². The Labute approximate surface area is 216 Å². The van der Waals surface area contributed by atoms with Crippen LogP contribution >= 0.6 is 0 Å². The van der Waals surface area contributed by atoms with Crippen LogP contribution in [0.25, 0.3) is 0 Å². The molecule has 2 fully saturated rings. The van der Waals surface area contributed by atoms with Gasteiger partial charge in [-0.25, -0.2) is 0 Å². The minimum atomic E-state index is 0.363. The molecule has 0 bridgehead atoms. The van der Waals surface area contributed by atoms with Gasteiger partial charge < -0.3 is 14.4 Å². The van der Waals surface area contributed by atoms with Crippen molar-refractivity contribution in [2.75, 3.05) is 44.3 Å². The van der Waals surface area contributed by atoms with Crippen LogP contribution in [0.1, 0.15) is 55.0 Å². The van der Waals surface area contributed by atoms with E-state index < -0.39 is 0 Å². The highest BCUT2D eigenvalue weighted by molar-refractivity contribution is 5.67. The number of morpholine rings is 1. The zero-order chi connectivity index (χ0) is 24.7. The SMILES string of the molecule is CC(C)C(c1ccc(OCc2ccccc2)c(Cc2ccccc2)c1N1CCCC1)N1CCOCC1. The van der Waals surface area contributed by atoms with Crippen molar-refractivity contribution in [1.29, 1.82) is 0 Å². The summed E-state index contributed by atoms with van der Waals surface area (Å²) in [5, 5.41) is 0. The molecule has 2 saturated heterocycles. The number of anilines is 1. The highest BCUT2D eigenvalue weighted by atomic mass is 16.5. The van der Waals surface area contributed by atoms with E-state index >= 15 is 0 Å². The van der Waals surface area contributed by atoms with Crippen LogP contribution in [0.2, 0.25) is 0 Å². The van der Waals surface area contributed by atoms with Gasteiger partial charge in [0.05, 0.1) is 13.2 Å². The van der Waals surface area contributed by atoms with Gasteiger partial charge in [0.2, 0.25) is 0 Å². The standard InChI is InChI=1S/C32H40N2O2/c1-25(2)31(34-19-21-35-22-20-34)28-15-16-30(36-24-27-13-7-4-8-14-27)29(23-26-11-5-3-6-12-26)32(28)33-17-9-10-18-33/h3-8,11-16,25,31H,9-10,17-24H2,1-2H3. The average molecular weight is 485 g/mol. The summed E-state index contributed by atoms with van der Waals surface area (Å²) in [6.07, 6.45) is 3.38. The summed E-state index contributed by atoms with van der Waals surface area (Å²) in [5.74, 6) is 1.52. The van der Waals surface area contributed by atoms with E-state index in [2.05, 4.69) is 96.4 Å². The Morgan fingerprint density at radius 2 is 1.42 bits per heavy atom.